The van der Waals surface area contributed by atoms with Gasteiger partial charge in [0.05, 0.1) is 19.3 Å². The molecule has 1 N–H and O–H groups in total. The summed E-state index contributed by atoms with van der Waals surface area (Å²) in [5.41, 5.74) is 1.72. The molecular weight excluding hydrogens is 406 g/mol. The Hall–Kier alpha value is -4.05. The van der Waals surface area contributed by atoms with Crippen LogP contribution >= 0.6 is 0 Å². The Morgan fingerprint density at radius 3 is 2.56 bits per heavy atom. The Balaban J connectivity index is 1.98. The standard InChI is InChI=1S/C25H25N3O4/c1-4-32-23-8-6-5-7-22(23)27-16-21-17(2)20(15-26)24(29)28(25(21)30)14-13-18-9-11-19(31-3)12-10-18/h5-12,16,30H,4,13-14H2,1-3H3. The predicted octanol–water partition coefficient (Wildman–Crippen LogP) is 4.13. The number of nitrogens with zero attached hydrogens (tertiary/aromatic N) is 3. The molecule has 164 valence electrons. The number of aryl methyl sites for hydroxylation is 1. The van der Waals surface area contributed by atoms with Crippen molar-refractivity contribution >= 4 is 11.9 Å². The number of aliphatic imine (C=N–C) groups is 1. The maximum atomic E-state index is 12.8. The van der Waals surface area contributed by atoms with Crippen LogP contribution in [0.1, 0.15) is 29.2 Å². The molecule has 7 nitrogen and oxygen atoms in total. The summed E-state index contributed by atoms with van der Waals surface area (Å²) in [4.78, 5) is 17.3. The summed E-state index contributed by atoms with van der Waals surface area (Å²) in [5, 5.41) is 20.5. The molecule has 32 heavy (non-hydrogen) atoms. The van der Waals surface area contributed by atoms with E-state index in [1.807, 2.05) is 49.4 Å². The summed E-state index contributed by atoms with van der Waals surface area (Å²) in [6, 6.07) is 16.7. The van der Waals surface area contributed by atoms with Crippen LogP contribution in [0.4, 0.5) is 5.69 Å². The summed E-state index contributed by atoms with van der Waals surface area (Å²) in [6.07, 6.45) is 1.96. The van der Waals surface area contributed by atoms with Crippen molar-refractivity contribution < 1.29 is 14.6 Å². The van der Waals surface area contributed by atoms with E-state index in [-0.39, 0.29) is 18.0 Å². The van der Waals surface area contributed by atoms with Gasteiger partial charge in [-0.15, -0.1) is 0 Å². The van der Waals surface area contributed by atoms with E-state index >= 15 is 0 Å². The van der Waals surface area contributed by atoms with Crippen LogP contribution in [0.15, 0.2) is 58.3 Å². The highest BCUT2D eigenvalue weighted by atomic mass is 16.5. The lowest BCUT2D eigenvalue weighted by Gasteiger charge is -2.14. The van der Waals surface area contributed by atoms with Gasteiger partial charge in [0, 0.05) is 12.8 Å². The first-order valence-corrected chi connectivity index (χ1v) is 10.2. The van der Waals surface area contributed by atoms with Crippen molar-refractivity contribution in [2.75, 3.05) is 13.7 Å². The van der Waals surface area contributed by atoms with Gasteiger partial charge in [0.1, 0.15) is 28.8 Å². The first-order chi connectivity index (χ1) is 15.5. The molecule has 0 amide bonds. The number of aromatic nitrogens is 1. The minimum Gasteiger partial charge on any atom is -0.497 e. The van der Waals surface area contributed by atoms with Crippen molar-refractivity contribution in [1.82, 2.24) is 4.57 Å². The molecule has 1 heterocycles. The third-order valence-electron chi connectivity index (χ3n) is 5.13. The summed E-state index contributed by atoms with van der Waals surface area (Å²) in [7, 11) is 1.60. The maximum absolute atomic E-state index is 12.8. The first-order valence-electron chi connectivity index (χ1n) is 10.2. The number of rotatable bonds is 8. The summed E-state index contributed by atoms with van der Waals surface area (Å²) < 4.78 is 12.0. The molecular formula is C25H25N3O4. The van der Waals surface area contributed by atoms with Gasteiger partial charge in [0.15, 0.2) is 0 Å². The Morgan fingerprint density at radius 2 is 1.91 bits per heavy atom. The lowest BCUT2D eigenvalue weighted by Crippen LogP contribution is -2.26. The van der Waals surface area contributed by atoms with Crippen LogP contribution in [0.5, 0.6) is 17.4 Å². The van der Waals surface area contributed by atoms with Gasteiger partial charge in [-0.05, 0) is 55.7 Å². The zero-order chi connectivity index (χ0) is 23.1. The van der Waals surface area contributed by atoms with Gasteiger partial charge in [-0.3, -0.25) is 14.4 Å². The average Bonchev–Trinajstić information content (AvgIpc) is 2.80. The third kappa shape index (κ3) is 4.81. The van der Waals surface area contributed by atoms with E-state index in [1.165, 1.54) is 10.8 Å². The Kier molecular flexibility index (Phi) is 7.29. The Bertz CT molecular complexity index is 1220. The molecule has 0 spiro atoms. The number of hydrogen-bond donors (Lipinski definition) is 1. The average molecular weight is 431 g/mol. The molecule has 1 aromatic heterocycles. The highest BCUT2D eigenvalue weighted by Crippen LogP contribution is 2.28. The number of pyridine rings is 1. The van der Waals surface area contributed by atoms with Crippen LogP contribution in [0, 0.1) is 18.3 Å². The van der Waals surface area contributed by atoms with Gasteiger partial charge in [-0.1, -0.05) is 24.3 Å². The molecule has 0 atom stereocenters. The molecule has 0 fully saturated rings. The van der Waals surface area contributed by atoms with E-state index in [9.17, 15) is 15.2 Å². The minimum atomic E-state index is -0.525. The number of hydrogen-bond acceptors (Lipinski definition) is 6. The number of aromatic hydroxyl groups is 1. The van der Waals surface area contributed by atoms with E-state index in [1.54, 1.807) is 26.2 Å². The molecule has 2 aromatic carbocycles. The molecule has 0 aliphatic rings. The zero-order valence-corrected chi connectivity index (χ0v) is 18.3. The van der Waals surface area contributed by atoms with Crippen LogP contribution in [0.3, 0.4) is 0 Å². The second-order valence-electron chi connectivity index (χ2n) is 7.06. The normalized spacial score (nSPS) is 10.8. The lowest BCUT2D eigenvalue weighted by molar-refractivity contribution is 0.341. The van der Waals surface area contributed by atoms with Gasteiger partial charge < -0.3 is 14.6 Å². The number of methoxy groups -OCH3 is 1. The van der Waals surface area contributed by atoms with Crippen molar-refractivity contribution in [3.63, 3.8) is 0 Å². The van der Waals surface area contributed by atoms with E-state index in [2.05, 4.69) is 4.99 Å². The van der Waals surface area contributed by atoms with E-state index in [0.29, 0.717) is 35.6 Å². The van der Waals surface area contributed by atoms with Gasteiger partial charge in [0.2, 0.25) is 5.88 Å². The van der Waals surface area contributed by atoms with Crippen molar-refractivity contribution in [2.45, 2.75) is 26.8 Å². The summed E-state index contributed by atoms with van der Waals surface area (Å²) in [5.74, 6) is 1.12. The number of ether oxygens (including phenoxy) is 2. The number of nitriles is 1. The second-order valence-corrected chi connectivity index (χ2v) is 7.06. The van der Waals surface area contributed by atoms with E-state index in [4.69, 9.17) is 9.47 Å². The van der Waals surface area contributed by atoms with Crippen LogP contribution in [-0.4, -0.2) is 29.6 Å². The Labute approximate surface area is 186 Å². The topological polar surface area (TPSA) is 96.8 Å². The molecule has 0 bridgehead atoms. The SMILES string of the molecule is CCOc1ccccc1N=Cc1c(C)c(C#N)c(=O)n(CCc2ccc(OC)cc2)c1O. The fraction of sp³-hybridized carbons (Fsp3) is 0.240. The van der Waals surface area contributed by atoms with Gasteiger partial charge in [-0.25, -0.2) is 0 Å². The zero-order valence-electron chi connectivity index (χ0n) is 18.3. The first kappa shape index (κ1) is 22.6. The van der Waals surface area contributed by atoms with Crippen molar-refractivity contribution in [1.29, 1.82) is 5.26 Å². The fourth-order valence-corrected chi connectivity index (χ4v) is 3.34. The van der Waals surface area contributed by atoms with Crippen LogP contribution < -0.4 is 15.0 Å². The van der Waals surface area contributed by atoms with E-state index < -0.39 is 5.56 Å². The van der Waals surface area contributed by atoms with Gasteiger partial charge in [0.25, 0.3) is 5.56 Å². The minimum absolute atomic E-state index is 0.0166. The molecule has 0 radical (unpaired) electrons. The van der Waals surface area contributed by atoms with Gasteiger partial charge in [-0.2, -0.15) is 5.26 Å². The summed E-state index contributed by atoms with van der Waals surface area (Å²) >= 11 is 0. The molecule has 0 aliphatic heterocycles. The van der Waals surface area contributed by atoms with Crippen LogP contribution in [-0.2, 0) is 13.0 Å². The Morgan fingerprint density at radius 1 is 1.19 bits per heavy atom. The van der Waals surface area contributed by atoms with Crippen molar-refractivity contribution in [3.05, 3.63) is 81.1 Å². The number of benzene rings is 2. The van der Waals surface area contributed by atoms with Crippen molar-refractivity contribution in [3.8, 4) is 23.4 Å². The molecule has 3 aromatic rings. The maximum Gasteiger partial charge on any atom is 0.271 e. The predicted molar refractivity (Wildman–Crippen MR) is 123 cm³/mol. The molecule has 0 saturated heterocycles. The van der Waals surface area contributed by atoms with E-state index in [0.717, 1.165) is 11.3 Å². The lowest BCUT2D eigenvalue weighted by atomic mass is 10.1. The summed E-state index contributed by atoms with van der Waals surface area (Å²) in [6.45, 7) is 4.21. The monoisotopic (exact) mass is 431 g/mol. The largest absolute Gasteiger partial charge is 0.497 e. The van der Waals surface area contributed by atoms with Crippen molar-refractivity contribution in [2.24, 2.45) is 4.99 Å². The fourth-order valence-electron chi connectivity index (χ4n) is 3.34. The molecule has 0 saturated carbocycles. The highest BCUT2D eigenvalue weighted by Gasteiger charge is 2.18. The third-order valence-corrected chi connectivity index (χ3v) is 5.13. The van der Waals surface area contributed by atoms with Crippen LogP contribution in [0.2, 0.25) is 0 Å². The smallest absolute Gasteiger partial charge is 0.271 e. The molecule has 3 rings (SSSR count). The molecule has 0 unspecified atom stereocenters. The second kappa shape index (κ2) is 10.3. The quantitative estimate of drug-likeness (QED) is 0.541. The molecule has 0 aliphatic carbocycles. The number of para-hydroxylation sites is 2. The molecule has 7 heteroatoms. The highest BCUT2D eigenvalue weighted by molar-refractivity contribution is 5.87. The van der Waals surface area contributed by atoms with Gasteiger partial charge >= 0.3 is 0 Å². The van der Waals surface area contributed by atoms with Crippen LogP contribution in [0.25, 0.3) is 0 Å².